The van der Waals surface area contributed by atoms with Gasteiger partial charge < -0.3 is 9.80 Å². The minimum Gasteiger partial charge on any atom is -0.315 e. The summed E-state index contributed by atoms with van der Waals surface area (Å²) in [6.07, 6.45) is 30.2. The third-order valence-electron chi connectivity index (χ3n) is 13.4. The van der Waals surface area contributed by atoms with E-state index in [0.29, 0.717) is 11.8 Å². The SMILES string of the molecule is C#C/C(=C\C=C(/C)N(c1ccc(-c2ccccc2)cc1)c1ccc(-c2ccc(N(C3=CC=C(c4ccccc4)CC3C)c3ccc(C4CCCC(=C)C4)cc3)cc2)cc1)C1C=CC=CC1. The molecule has 3 aliphatic carbocycles. The molecule has 3 aliphatic rings. The number of hydrogen-bond donors (Lipinski definition) is 0. The topological polar surface area (TPSA) is 6.48 Å². The second kappa shape index (κ2) is 20.0. The van der Waals surface area contributed by atoms with Crippen LogP contribution < -0.4 is 9.80 Å². The summed E-state index contributed by atoms with van der Waals surface area (Å²) in [5.74, 6) is 4.06. The van der Waals surface area contributed by atoms with Crippen LogP contribution in [0.1, 0.15) is 69.4 Å². The van der Waals surface area contributed by atoms with E-state index in [0.717, 1.165) is 54.0 Å². The van der Waals surface area contributed by atoms with Crippen LogP contribution in [0.25, 0.3) is 27.8 Å². The lowest BCUT2D eigenvalue weighted by molar-refractivity contribution is 0.524. The summed E-state index contributed by atoms with van der Waals surface area (Å²) in [6, 6.07) is 57.6. The highest BCUT2D eigenvalue weighted by molar-refractivity contribution is 5.78. The van der Waals surface area contributed by atoms with Gasteiger partial charge in [0.25, 0.3) is 0 Å². The number of nitrogens with zero attached hydrogens (tertiary/aromatic N) is 2. The van der Waals surface area contributed by atoms with Crippen molar-refractivity contribution in [2.45, 2.75) is 58.3 Å². The van der Waals surface area contributed by atoms with Crippen molar-refractivity contribution in [2.24, 2.45) is 11.8 Å². The molecule has 0 aliphatic heterocycles. The van der Waals surface area contributed by atoms with Crippen LogP contribution in [0.15, 0.2) is 235 Å². The van der Waals surface area contributed by atoms with Gasteiger partial charge in [0.15, 0.2) is 0 Å². The molecule has 1 fully saturated rings. The zero-order valence-corrected chi connectivity index (χ0v) is 37.8. The second-order valence-corrected chi connectivity index (χ2v) is 17.8. The van der Waals surface area contributed by atoms with Gasteiger partial charge in [0.05, 0.1) is 0 Å². The molecule has 2 nitrogen and oxygen atoms in total. The van der Waals surface area contributed by atoms with Gasteiger partial charge >= 0.3 is 0 Å². The average Bonchev–Trinajstić information content (AvgIpc) is 3.36. The first-order valence-electron chi connectivity index (χ1n) is 23.3. The molecule has 0 saturated heterocycles. The smallest absolute Gasteiger partial charge is 0.0458 e. The van der Waals surface area contributed by atoms with Gasteiger partial charge in [0.1, 0.15) is 0 Å². The fourth-order valence-electron chi connectivity index (χ4n) is 9.76. The van der Waals surface area contributed by atoms with E-state index in [1.165, 1.54) is 68.8 Å². The average molecular weight is 843 g/mol. The molecule has 65 heavy (non-hydrogen) atoms. The number of benzene rings is 6. The summed E-state index contributed by atoms with van der Waals surface area (Å²) in [5, 5.41) is 0. The zero-order valence-electron chi connectivity index (χ0n) is 37.8. The van der Waals surface area contributed by atoms with Crippen molar-refractivity contribution in [3.63, 3.8) is 0 Å². The van der Waals surface area contributed by atoms with Crippen LogP contribution in [0, 0.1) is 24.2 Å². The van der Waals surface area contributed by atoms with E-state index in [1.807, 2.05) is 0 Å². The van der Waals surface area contributed by atoms with Crippen LogP contribution in [0.3, 0.4) is 0 Å². The van der Waals surface area contributed by atoms with Crippen molar-refractivity contribution in [2.75, 3.05) is 9.80 Å². The fraction of sp³-hybridized carbons (Fsp3) is 0.175. The molecule has 0 amide bonds. The summed E-state index contributed by atoms with van der Waals surface area (Å²) in [4.78, 5) is 4.78. The Labute approximate surface area is 387 Å². The van der Waals surface area contributed by atoms with Crippen LogP contribution in [-0.4, -0.2) is 0 Å². The molecule has 9 rings (SSSR count). The first-order chi connectivity index (χ1) is 31.9. The lowest BCUT2D eigenvalue weighted by Gasteiger charge is -2.34. The number of rotatable bonds is 12. The monoisotopic (exact) mass is 842 g/mol. The first-order valence-corrected chi connectivity index (χ1v) is 23.3. The summed E-state index contributed by atoms with van der Waals surface area (Å²) in [5.41, 5.74) is 18.1. The molecule has 0 spiro atoms. The number of hydrogen-bond acceptors (Lipinski definition) is 2. The molecule has 3 unspecified atom stereocenters. The van der Waals surface area contributed by atoms with Gasteiger partial charge in [-0.25, -0.2) is 0 Å². The summed E-state index contributed by atoms with van der Waals surface area (Å²) >= 11 is 0. The number of anilines is 4. The third kappa shape index (κ3) is 9.92. The van der Waals surface area contributed by atoms with E-state index in [2.05, 4.69) is 242 Å². The van der Waals surface area contributed by atoms with E-state index < -0.39 is 0 Å². The molecule has 0 radical (unpaired) electrons. The van der Waals surface area contributed by atoms with Crippen LogP contribution >= 0.6 is 0 Å². The Hall–Kier alpha value is -7.34. The standard InChI is InChI=1S/C63H58N2/c1-5-49(50-17-9-6-10-18-50)25-24-48(4)64(59-35-26-53(27-36-59)51-19-11-7-12-20-51)60-37-28-54(29-38-60)55-30-39-61(40-31-55)65(62-41-32-56(33-42-62)57-23-15-16-46(2)44-57)63-43-34-58(45-47(63)3)52-21-13-8-14-22-52/h1,6-14,17,19-22,24-43,47,50,57H,2,15-16,18,23,44-45H2,3-4H3/b48-24+,49-25+. The van der Waals surface area contributed by atoms with E-state index in [9.17, 15) is 0 Å². The highest BCUT2D eigenvalue weighted by Gasteiger charge is 2.25. The Morgan fingerprint density at radius 2 is 1.18 bits per heavy atom. The third-order valence-corrected chi connectivity index (χ3v) is 13.4. The Balaban J connectivity index is 1.02. The Morgan fingerprint density at radius 3 is 1.72 bits per heavy atom. The molecule has 3 atom stereocenters. The van der Waals surface area contributed by atoms with Crippen LogP contribution in [0.2, 0.25) is 0 Å². The maximum atomic E-state index is 6.06. The molecular weight excluding hydrogens is 785 g/mol. The van der Waals surface area contributed by atoms with Gasteiger partial charge in [-0.3, -0.25) is 0 Å². The van der Waals surface area contributed by atoms with Gasteiger partial charge in [-0.1, -0.05) is 165 Å². The molecule has 0 bridgehead atoms. The van der Waals surface area contributed by atoms with Gasteiger partial charge in [0, 0.05) is 51.6 Å². The van der Waals surface area contributed by atoms with Gasteiger partial charge in [0.2, 0.25) is 0 Å². The van der Waals surface area contributed by atoms with Gasteiger partial charge in [-0.2, -0.15) is 0 Å². The Morgan fingerprint density at radius 1 is 0.631 bits per heavy atom. The predicted molar refractivity (Wildman–Crippen MR) is 278 cm³/mol. The van der Waals surface area contributed by atoms with Crippen LogP contribution in [-0.2, 0) is 0 Å². The van der Waals surface area contributed by atoms with E-state index in [1.54, 1.807) is 0 Å². The Kier molecular flexibility index (Phi) is 13.2. The second-order valence-electron chi connectivity index (χ2n) is 17.8. The predicted octanol–water partition coefficient (Wildman–Crippen LogP) is 17.1. The van der Waals surface area contributed by atoms with Crippen molar-refractivity contribution in [3.05, 3.63) is 247 Å². The molecule has 0 aromatic heterocycles. The zero-order chi connectivity index (χ0) is 44.5. The van der Waals surface area contributed by atoms with E-state index in [-0.39, 0.29) is 5.92 Å². The molecule has 2 heteroatoms. The van der Waals surface area contributed by atoms with Crippen molar-refractivity contribution < 1.29 is 0 Å². The quantitative estimate of drug-likeness (QED) is 0.0688. The summed E-state index contributed by atoms with van der Waals surface area (Å²) in [7, 11) is 0. The van der Waals surface area contributed by atoms with Crippen LogP contribution in [0.4, 0.5) is 22.7 Å². The molecule has 1 saturated carbocycles. The summed E-state index contributed by atoms with van der Waals surface area (Å²) < 4.78 is 0. The minimum absolute atomic E-state index is 0.213. The van der Waals surface area contributed by atoms with Crippen molar-refractivity contribution in [1.29, 1.82) is 0 Å². The molecule has 0 heterocycles. The van der Waals surface area contributed by atoms with E-state index >= 15 is 0 Å². The highest BCUT2D eigenvalue weighted by atomic mass is 15.2. The molecule has 6 aromatic carbocycles. The minimum atomic E-state index is 0.213. The molecule has 320 valence electrons. The van der Waals surface area contributed by atoms with E-state index in [4.69, 9.17) is 6.42 Å². The van der Waals surface area contributed by atoms with Gasteiger partial charge in [-0.05, 0) is 157 Å². The number of allylic oxidation sites excluding steroid dienone is 13. The van der Waals surface area contributed by atoms with Crippen molar-refractivity contribution >= 4 is 28.3 Å². The molecule has 0 N–H and O–H groups in total. The van der Waals surface area contributed by atoms with Crippen molar-refractivity contribution in [3.8, 4) is 34.6 Å². The lowest BCUT2D eigenvalue weighted by atomic mass is 9.82. The van der Waals surface area contributed by atoms with Crippen LogP contribution in [0.5, 0.6) is 0 Å². The maximum absolute atomic E-state index is 6.06. The largest absolute Gasteiger partial charge is 0.315 e. The molecule has 6 aromatic rings. The fourth-order valence-corrected chi connectivity index (χ4v) is 9.76. The van der Waals surface area contributed by atoms with Gasteiger partial charge in [-0.15, -0.1) is 6.42 Å². The maximum Gasteiger partial charge on any atom is 0.0458 e. The van der Waals surface area contributed by atoms with Crippen molar-refractivity contribution in [1.82, 2.24) is 0 Å². The normalized spacial score (nSPS) is 18.7. The number of terminal acetylenes is 1. The molecular formula is C63H58N2. The first kappa shape index (κ1) is 42.9. The lowest BCUT2D eigenvalue weighted by Crippen LogP contribution is -2.23. The Bertz CT molecular complexity index is 2830. The summed E-state index contributed by atoms with van der Waals surface area (Å²) in [6.45, 7) is 8.86. The highest BCUT2D eigenvalue weighted by Crippen LogP contribution is 2.42.